The van der Waals surface area contributed by atoms with E-state index in [-0.39, 0.29) is 0 Å². The maximum atomic E-state index is 5.40. The topological polar surface area (TPSA) is 126 Å². The third-order valence-corrected chi connectivity index (χ3v) is 13.2. The van der Waals surface area contributed by atoms with Crippen molar-refractivity contribution in [1.29, 1.82) is 0 Å². The highest BCUT2D eigenvalue weighted by Crippen LogP contribution is 2.43. The lowest BCUT2D eigenvalue weighted by molar-refractivity contribution is 0.928. The summed E-state index contributed by atoms with van der Waals surface area (Å²) < 4.78 is 4.67. The van der Waals surface area contributed by atoms with Crippen molar-refractivity contribution in [2.45, 2.75) is 27.7 Å². The molecular weight excluding hydrogens is 887 g/mol. The molecule has 0 saturated heterocycles. The van der Waals surface area contributed by atoms with Gasteiger partial charge in [0.15, 0.2) is 29.1 Å². The number of para-hydroxylation sites is 2. The van der Waals surface area contributed by atoms with E-state index in [9.17, 15) is 0 Å². The van der Waals surface area contributed by atoms with Crippen LogP contribution >= 0.6 is 0 Å². The number of fused-ring (bicyclic) bond motifs is 6. The summed E-state index contributed by atoms with van der Waals surface area (Å²) in [5.74, 6) is 5.49. The van der Waals surface area contributed by atoms with E-state index in [2.05, 4.69) is 146 Å². The lowest BCUT2D eigenvalue weighted by atomic mass is 9.96. The van der Waals surface area contributed by atoms with E-state index in [1.54, 1.807) is 0 Å². The Labute approximate surface area is 414 Å². The van der Waals surface area contributed by atoms with Crippen LogP contribution in [0.2, 0.25) is 0 Å². The molecule has 0 saturated carbocycles. The normalized spacial score (nSPS) is 11.6. The van der Waals surface area contributed by atoms with Crippen molar-refractivity contribution in [3.05, 3.63) is 211 Å². The van der Waals surface area contributed by atoms with Crippen molar-refractivity contribution in [1.82, 2.24) is 54.0 Å². The summed E-state index contributed by atoms with van der Waals surface area (Å²) >= 11 is 0. The summed E-state index contributed by atoms with van der Waals surface area (Å²) in [5.41, 5.74) is 12.5. The van der Waals surface area contributed by atoms with Crippen LogP contribution in [-0.2, 0) is 0 Å². The molecule has 0 atom stereocenters. The van der Waals surface area contributed by atoms with Crippen molar-refractivity contribution in [3.63, 3.8) is 0 Å². The van der Waals surface area contributed by atoms with Gasteiger partial charge in [0.05, 0.1) is 27.8 Å². The van der Waals surface area contributed by atoms with Crippen LogP contribution in [0.3, 0.4) is 0 Å². The Morgan fingerprint density at radius 3 is 1.32 bits per heavy atom. The minimum Gasteiger partial charge on any atom is -0.309 e. The molecule has 342 valence electrons. The average Bonchev–Trinajstić information content (AvgIpc) is 3.93. The molecular formula is C61H43N11. The maximum Gasteiger partial charge on any atom is 0.166 e. The molecule has 5 heterocycles. The molecule has 5 aromatic heterocycles. The number of nitrogens with zero attached hydrogens (tertiary/aromatic N) is 11. The molecule has 0 amide bonds. The van der Waals surface area contributed by atoms with E-state index < -0.39 is 0 Å². The van der Waals surface area contributed by atoms with Gasteiger partial charge in [-0.2, -0.15) is 0 Å². The first-order chi connectivity index (χ1) is 35.3. The van der Waals surface area contributed by atoms with Crippen molar-refractivity contribution in [3.8, 4) is 79.4 Å². The average molecular weight is 930 g/mol. The fourth-order valence-electron chi connectivity index (χ4n) is 10.2. The Hall–Kier alpha value is -9.61. The fourth-order valence-corrected chi connectivity index (χ4v) is 10.2. The number of aryl methyl sites for hydroxylation is 4. The molecule has 13 aromatic rings. The fraction of sp³-hybridized carbons (Fsp3) is 0.0656. The van der Waals surface area contributed by atoms with Crippen molar-refractivity contribution < 1.29 is 0 Å². The van der Waals surface area contributed by atoms with E-state index in [4.69, 9.17) is 34.9 Å². The Balaban J connectivity index is 1.14. The van der Waals surface area contributed by atoms with Gasteiger partial charge in [0, 0.05) is 55.0 Å². The van der Waals surface area contributed by atoms with Crippen LogP contribution in [0.1, 0.15) is 23.3 Å². The zero-order valence-electron chi connectivity index (χ0n) is 39.8. The van der Waals surface area contributed by atoms with Gasteiger partial charge in [-0.15, -0.1) is 0 Å². The van der Waals surface area contributed by atoms with Crippen LogP contribution in [0.5, 0.6) is 0 Å². The van der Waals surface area contributed by atoms with E-state index in [0.29, 0.717) is 52.4 Å². The maximum absolute atomic E-state index is 5.40. The molecule has 0 unspecified atom stereocenters. The van der Waals surface area contributed by atoms with Crippen LogP contribution in [0.4, 0.5) is 0 Å². The van der Waals surface area contributed by atoms with Gasteiger partial charge in [-0.05, 0) is 87.4 Å². The van der Waals surface area contributed by atoms with Crippen LogP contribution in [0, 0.1) is 27.7 Å². The number of hydrogen-bond donors (Lipinski definition) is 0. The molecule has 0 N–H and O–H groups in total. The molecule has 11 heteroatoms. The zero-order valence-corrected chi connectivity index (χ0v) is 39.8. The first kappa shape index (κ1) is 42.5. The Morgan fingerprint density at radius 2 is 0.750 bits per heavy atom. The van der Waals surface area contributed by atoms with Gasteiger partial charge in [0.1, 0.15) is 23.3 Å². The predicted molar refractivity (Wildman–Crippen MR) is 287 cm³/mol. The highest BCUT2D eigenvalue weighted by atomic mass is 15.1. The molecule has 0 fully saturated rings. The SMILES string of the molecule is Cc1nc(C)nc(-c2ccc3c4ccc(-c5nc(C)nc(C)n5)cc4n(-c4ccc(-c5cccc6c5c5ccccc5n6-c5ccccc5)cc4-c4nc(-c5ccccc5)nc(-c5ccccc5)n4)c3c2)n1. The van der Waals surface area contributed by atoms with Gasteiger partial charge in [0.2, 0.25) is 0 Å². The molecule has 0 aliphatic heterocycles. The standard InChI is InChI=1S/C61H43N11/c1-36-62-37(2)65-59(64-36)43-27-30-47-48-31-28-44(60-66-38(3)63-39(4)67-60)35-55(48)72(54(47)34-43)52-32-29-42(46-24-16-26-53-56(46)49-23-14-15-25-51(49)71(53)45-21-12-7-13-22-45)33-50(52)61-69-57(40-17-8-5-9-18-40)68-58(70-61)41-19-10-6-11-20-41/h5-35H,1-4H3. The smallest absolute Gasteiger partial charge is 0.166 e. The van der Waals surface area contributed by atoms with E-state index in [1.165, 1.54) is 0 Å². The van der Waals surface area contributed by atoms with E-state index in [1.807, 2.05) is 88.4 Å². The van der Waals surface area contributed by atoms with Crippen LogP contribution < -0.4 is 0 Å². The first-order valence-electron chi connectivity index (χ1n) is 23.9. The molecule has 0 bridgehead atoms. The number of hydrogen-bond acceptors (Lipinski definition) is 9. The highest BCUT2D eigenvalue weighted by molar-refractivity contribution is 6.16. The number of benzene rings is 8. The lowest BCUT2D eigenvalue weighted by Crippen LogP contribution is -2.04. The molecule has 13 rings (SSSR count). The van der Waals surface area contributed by atoms with Crippen LogP contribution in [0.25, 0.3) is 123 Å². The second-order valence-corrected chi connectivity index (χ2v) is 18.0. The highest BCUT2D eigenvalue weighted by Gasteiger charge is 2.24. The van der Waals surface area contributed by atoms with Crippen molar-refractivity contribution in [2.75, 3.05) is 0 Å². The van der Waals surface area contributed by atoms with Gasteiger partial charge in [-0.25, -0.2) is 44.9 Å². The second-order valence-electron chi connectivity index (χ2n) is 18.0. The van der Waals surface area contributed by atoms with Gasteiger partial charge in [-0.3, -0.25) is 0 Å². The molecule has 72 heavy (non-hydrogen) atoms. The third-order valence-electron chi connectivity index (χ3n) is 13.2. The molecule has 0 radical (unpaired) electrons. The molecule has 11 nitrogen and oxygen atoms in total. The number of rotatable bonds is 8. The molecule has 8 aromatic carbocycles. The summed E-state index contributed by atoms with van der Waals surface area (Å²) in [6.07, 6.45) is 0. The van der Waals surface area contributed by atoms with Crippen LogP contribution in [-0.4, -0.2) is 54.0 Å². The summed E-state index contributed by atoms with van der Waals surface area (Å²) in [6.45, 7) is 7.59. The van der Waals surface area contributed by atoms with Gasteiger partial charge >= 0.3 is 0 Å². The molecule has 0 aliphatic rings. The zero-order chi connectivity index (χ0) is 48.5. The Kier molecular flexibility index (Phi) is 10.1. The summed E-state index contributed by atoms with van der Waals surface area (Å²) in [6, 6.07) is 65.6. The third kappa shape index (κ3) is 7.34. The predicted octanol–water partition coefficient (Wildman–Crippen LogP) is 13.7. The second kappa shape index (κ2) is 17.1. The Bertz CT molecular complexity index is 4050. The Morgan fingerprint density at radius 1 is 0.278 bits per heavy atom. The monoisotopic (exact) mass is 929 g/mol. The summed E-state index contributed by atoms with van der Waals surface area (Å²) in [4.78, 5) is 44.2. The van der Waals surface area contributed by atoms with E-state index >= 15 is 0 Å². The molecule has 0 aliphatic carbocycles. The lowest BCUT2D eigenvalue weighted by Gasteiger charge is -2.17. The summed E-state index contributed by atoms with van der Waals surface area (Å²) in [5, 5.41) is 4.40. The van der Waals surface area contributed by atoms with Crippen LogP contribution in [0.15, 0.2) is 188 Å². The van der Waals surface area contributed by atoms with Crippen molar-refractivity contribution in [2.24, 2.45) is 0 Å². The van der Waals surface area contributed by atoms with Gasteiger partial charge in [-0.1, -0.05) is 140 Å². The van der Waals surface area contributed by atoms with Crippen molar-refractivity contribution >= 4 is 43.6 Å². The number of aromatic nitrogens is 11. The van der Waals surface area contributed by atoms with E-state index in [0.717, 1.165) is 93.9 Å². The van der Waals surface area contributed by atoms with Gasteiger partial charge in [0.25, 0.3) is 0 Å². The molecule has 0 spiro atoms. The minimum absolute atomic E-state index is 0.521. The van der Waals surface area contributed by atoms with Gasteiger partial charge < -0.3 is 9.13 Å². The summed E-state index contributed by atoms with van der Waals surface area (Å²) in [7, 11) is 0. The minimum atomic E-state index is 0.521. The quantitative estimate of drug-likeness (QED) is 0.146. The largest absolute Gasteiger partial charge is 0.309 e. The first-order valence-corrected chi connectivity index (χ1v) is 23.9.